The summed E-state index contributed by atoms with van der Waals surface area (Å²) in [5.41, 5.74) is 9.38. The SMILES string of the molecule is CC(C)CC[C@H](O)C(NC(=O)[C@H](CC1=CN(C(=O)[C@H](C)N)CN1c1cccc2ccccc12)NC(=O)OCc1ccccc1)C(=O)NC1CCN(Cc2ccccc2)CC1. The normalized spacial score (nSPS) is 16.8. The lowest BCUT2D eigenvalue weighted by Gasteiger charge is -2.34. The second kappa shape index (κ2) is 21.0. The molecule has 4 aromatic carbocycles. The van der Waals surface area contributed by atoms with E-state index in [9.17, 15) is 24.3 Å². The van der Waals surface area contributed by atoms with Crippen LogP contribution >= 0.6 is 0 Å². The van der Waals surface area contributed by atoms with Crippen molar-refractivity contribution in [1.82, 2.24) is 25.8 Å². The van der Waals surface area contributed by atoms with Crippen molar-refractivity contribution in [3.63, 3.8) is 0 Å². The van der Waals surface area contributed by atoms with E-state index in [2.05, 4.69) is 33.0 Å². The molecular formula is C47H59N7O6. The van der Waals surface area contributed by atoms with Gasteiger partial charge in [-0.25, -0.2) is 4.79 Å². The van der Waals surface area contributed by atoms with Gasteiger partial charge in [-0.05, 0) is 61.1 Å². The van der Waals surface area contributed by atoms with Gasteiger partial charge in [0, 0.05) is 49.4 Å². The van der Waals surface area contributed by atoms with E-state index >= 15 is 0 Å². The fourth-order valence-electron chi connectivity index (χ4n) is 7.72. The first-order valence-corrected chi connectivity index (χ1v) is 21.0. The van der Waals surface area contributed by atoms with Gasteiger partial charge in [0.25, 0.3) is 0 Å². The summed E-state index contributed by atoms with van der Waals surface area (Å²) in [7, 11) is 0. The van der Waals surface area contributed by atoms with Crippen LogP contribution in [0.3, 0.4) is 0 Å². The Kier molecular flexibility index (Phi) is 15.3. The van der Waals surface area contributed by atoms with Crippen LogP contribution in [0.2, 0.25) is 0 Å². The van der Waals surface area contributed by atoms with Crippen molar-refractivity contribution in [2.45, 2.75) is 96.3 Å². The van der Waals surface area contributed by atoms with Crippen LogP contribution in [-0.4, -0.2) is 88.8 Å². The van der Waals surface area contributed by atoms with E-state index in [1.54, 1.807) is 13.1 Å². The Bertz CT molecular complexity index is 2080. The fourth-order valence-corrected chi connectivity index (χ4v) is 7.72. The highest BCUT2D eigenvalue weighted by molar-refractivity contribution is 5.96. The number of rotatable bonds is 17. The number of anilines is 1. The number of amides is 4. The lowest BCUT2D eigenvalue weighted by atomic mass is 9.98. The Morgan fingerprint density at radius 1 is 0.800 bits per heavy atom. The Labute approximate surface area is 352 Å². The quantitative estimate of drug-likeness (QED) is 0.0940. The summed E-state index contributed by atoms with van der Waals surface area (Å²) in [6.45, 7) is 8.15. The molecule has 0 spiro atoms. The number of hydrogen-bond acceptors (Lipinski definition) is 9. The number of nitrogens with one attached hydrogen (secondary N) is 3. The predicted molar refractivity (Wildman–Crippen MR) is 233 cm³/mol. The molecule has 2 aliphatic heterocycles. The maximum Gasteiger partial charge on any atom is 0.408 e. The first-order chi connectivity index (χ1) is 28.9. The maximum absolute atomic E-state index is 14.6. The summed E-state index contributed by atoms with van der Waals surface area (Å²) in [6, 6.07) is 29.6. The fraction of sp³-hybridized carbons (Fsp3) is 0.404. The van der Waals surface area contributed by atoms with Gasteiger partial charge in [-0.1, -0.05) is 111 Å². The molecule has 0 saturated carbocycles. The zero-order chi connectivity index (χ0) is 42.6. The third-order valence-corrected chi connectivity index (χ3v) is 11.1. The zero-order valence-electron chi connectivity index (χ0n) is 34.8. The molecule has 2 heterocycles. The largest absolute Gasteiger partial charge is 0.445 e. The third-order valence-electron chi connectivity index (χ3n) is 11.1. The molecule has 1 fully saturated rings. The Hall–Kier alpha value is -5.76. The van der Waals surface area contributed by atoms with Gasteiger partial charge in [0.05, 0.1) is 17.8 Å². The molecule has 2 aliphatic rings. The van der Waals surface area contributed by atoms with Crippen molar-refractivity contribution >= 4 is 40.3 Å². The van der Waals surface area contributed by atoms with Crippen molar-refractivity contribution in [1.29, 1.82) is 0 Å². The molecule has 4 aromatic rings. The molecule has 0 aromatic heterocycles. The summed E-state index contributed by atoms with van der Waals surface area (Å²) in [5.74, 6) is -1.25. The molecule has 0 aliphatic carbocycles. The number of carbonyl (C=O) groups excluding carboxylic acids is 4. The molecule has 6 N–H and O–H groups in total. The second-order valence-electron chi connectivity index (χ2n) is 16.3. The van der Waals surface area contributed by atoms with Gasteiger partial charge in [-0.3, -0.25) is 24.2 Å². The number of fused-ring (bicyclic) bond motifs is 1. The van der Waals surface area contributed by atoms with Crippen LogP contribution in [0.25, 0.3) is 10.8 Å². The molecule has 4 amide bonds. The summed E-state index contributed by atoms with van der Waals surface area (Å²) in [4.78, 5) is 61.2. The second-order valence-corrected chi connectivity index (χ2v) is 16.3. The third kappa shape index (κ3) is 11.9. The van der Waals surface area contributed by atoms with Crippen molar-refractivity contribution in [3.8, 4) is 0 Å². The maximum atomic E-state index is 14.6. The van der Waals surface area contributed by atoms with E-state index in [-0.39, 0.29) is 44.0 Å². The monoisotopic (exact) mass is 817 g/mol. The Morgan fingerprint density at radius 3 is 2.13 bits per heavy atom. The van der Waals surface area contributed by atoms with Crippen LogP contribution in [0.15, 0.2) is 115 Å². The Morgan fingerprint density at radius 2 is 1.45 bits per heavy atom. The lowest BCUT2D eigenvalue weighted by molar-refractivity contribution is -0.133. The van der Waals surface area contributed by atoms with Crippen LogP contribution in [0, 0.1) is 5.92 Å². The minimum Gasteiger partial charge on any atom is -0.445 e. The van der Waals surface area contributed by atoms with Crippen molar-refractivity contribution < 1.29 is 29.0 Å². The van der Waals surface area contributed by atoms with Gasteiger partial charge in [0.2, 0.25) is 17.7 Å². The standard InChI is InChI=1S/C47H59N7O6/c1-32(2)21-22-42(55)43(45(57)49-37-23-25-52(26-24-37)28-34-13-6-4-7-14-34)51-44(56)40(50-47(59)60-30-35-15-8-5-9-16-35)27-38-29-53(46(58)33(3)48)31-54(38)41-20-12-18-36-17-10-11-19-39(36)41/h4-20,29,32-33,37,40,42-43,55H,21-28,30-31,48H2,1-3H3,(H,49,57)(H,50,59)(H,51,56)/t33-,40-,42-,43?/m0/s1. The topological polar surface area (TPSA) is 170 Å². The molecule has 6 rings (SSSR count). The number of likely N-dealkylation sites (tertiary alicyclic amines) is 1. The van der Waals surface area contributed by atoms with E-state index in [4.69, 9.17) is 10.5 Å². The number of alkyl carbamates (subject to hydrolysis) is 1. The van der Waals surface area contributed by atoms with Gasteiger partial charge in [-0.15, -0.1) is 0 Å². The van der Waals surface area contributed by atoms with Crippen LogP contribution in [0.1, 0.15) is 64.0 Å². The molecule has 318 valence electrons. The number of aliphatic hydroxyl groups is 1. The highest BCUT2D eigenvalue weighted by atomic mass is 16.5. The van der Waals surface area contributed by atoms with Gasteiger partial charge < -0.3 is 36.4 Å². The highest BCUT2D eigenvalue weighted by Gasteiger charge is 2.36. The van der Waals surface area contributed by atoms with Crippen LogP contribution < -0.4 is 26.6 Å². The minimum atomic E-state index is -1.30. The number of benzene rings is 4. The molecule has 0 radical (unpaired) electrons. The van der Waals surface area contributed by atoms with Gasteiger partial charge in [-0.2, -0.15) is 0 Å². The molecule has 1 unspecified atom stereocenters. The van der Waals surface area contributed by atoms with E-state index in [1.807, 2.05) is 110 Å². The summed E-state index contributed by atoms with van der Waals surface area (Å²) >= 11 is 0. The molecular weight excluding hydrogens is 759 g/mol. The molecule has 4 atom stereocenters. The summed E-state index contributed by atoms with van der Waals surface area (Å²) < 4.78 is 5.57. The highest BCUT2D eigenvalue weighted by Crippen LogP contribution is 2.34. The number of nitrogens with two attached hydrogens (primary N) is 1. The summed E-state index contributed by atoms with van der Waals surface area (Å²) in [5, 5.41) is 22.1. The molecule has 60 heavy (non-hydrogen) atoms. The number of hydrogen-bond donors (Lipinski definition) is 5. The lowest BCUT2D eigenvalue weighted by Crippen LogP contribution is -2.59. The van der Waals surface area contributed by atoms with Crippen LogP contribution in [0.4, 0.5) is 10.5 Å². The first kappa shape index (κ1) is 43.8. The van der Waals surface area contributed by atoms with Crippen molar-refractivity contribution in [3.05, 3.63) is 126 Å². The number of ether oxygens (including phenoxy) is 1. The van der Waals surface area contributed by atoms with Crippen LogP contribution in [0.5, 0.6) is 0 Å². The molecule has 1 saturated heterocycles. The Balaban J connectivity index is 1.24. The van der Waals surface area contributed by atoms with Crippen molar-refractivity contribution in [2.75, 3.05) is 24.7 Å². The zero-order valence-corrected chi connectivity index (χ0v) is 34.8. The summed E-state index contributed by atoms with van der Waals surface area (Å²) in [6.07, 6.45) is 1.85. The molecule has 13 nitrogen and oxygen atoms in total. The van der Waals surface area contributed by atoms with Crippen molar-refractivity contribution in [2.24, 2.45) is 11.7 Å². The molecule has 13 heteroatoms. The minimum absolute atomic E-state index is 0.0361. The number of aliphatic hydroxyl groups excluding tert-OH is 1. The van der Waals surface area contributed by atoms with Gasteiger partial charge in [0.15, 0.2) is 0 Å². The number of nitrogens with zero attached hydrogens (tertiary/aromatic N) is 3. The average molecular weight is 818 g/mol. The van der Waals surface area contributed by atoms with Gasteiger partial charge >= 0.3 is 6.09 Å². The van der Waals surface area contributed by atoms with Gasteiger partial charge in [0.1, 0.15) is 25.4 Å². The predicted octanol–water partition coefficient (Wildman–Crippen LogP) is 5.38. The van der Waals surface area contributed by atoms with E-state index in [0.717, 1.165) is 41.7 Å². The van der Waals surface area contributed by atoms with Crippen LogP contribution in [-0.2, 0) is 32.3 Å². The number of carbonyl (C=O) groups is 4. The molecule has 0 bridgehead atoms. The smallest absolute Gasteiger partial charge is 0.408 e. The average Bonchev–Trinajstić information content (AvgIpc) is 3.67. The first-order valence-electron chi connectivity index (χ1n) is 21.0. The van der Waals surface area contributed by atoms with E-state index < -0.39 is 42.1 Å². The van der Waals surface area contributed by atoms with E-state index in [0.29, 0.717) is 25.0 Å². The number of piperidine rings is 1. The van der Waals surface area contributed by atoms with E-state index in [1.165, 1.54) is 10.5 Å².